The normalized spacial score (nSPS) is 11.7. The summed E-state index contributed by atoms with van der Waals surface area (Å²) in [7, 11) is 0. The van der Waals surface area contributed by atoms with Gasteiger partial charge in [0.2, 0.25) is 0 Å². The number of benzene rings is 1. The zero-order valence-corrected chi connectivity index (χ0v) is 11.3. The summed E-state index contributed by atoms with van der Waals surface area (Å²) in [6.07, 6.45) is 0.991. The molecule has 1 atom stereocenters. The lowest BCUT2D eigenvalue weighted by molar-refractivity contribution is -0.384. The number of hydrogen-bond donors (Lipinski definition) is 2. The number of nitro benzene ring substituents is 1. The molecule has 0 aliphatic carbocycles. The number of rotatable bonds is 7. The lowest BCUT2D eigenvalue weighted by Gasteiger charge is -2.12. The van der Waals surface area contributed by atoms with Crippen LogP contribution < -0.4 is 5.32 Å². The van der Waals surface area contributed by atoms with Gasteiger partial charge in [-0.3, -0.25) is 19.7 Å². The number of carboxylic acid groups (broad SMARTS) is 1. The van der Waals surface area contributed by atoms with Gasteiger partial charge >= 0.3 is 5.97 Å². The van der Waals surface area contributed by atoms with Crippen LogP contribution >= 0.6 is 0 Å². The smallest absolute Gasteiger partial charge is 0.308 e. The minimum atomic E-state index is -1.06. The van der Waals surface area contributed by atoms with Crippen LogP contribution in [0.25, 0.3) is 0 Å². The molecule has 114 valence electrons. The highest BCUT2D eigenvalue weighted by Gasteiger charge is 2.20. The third-order valence-corrected chi connectivity index (χ3v) is 2.90. The minimum absolute atomic E-state index is 0.163. The van der Waals surface area contributed by atoms with Gasteiger partial charge in [-0.25, -0.2) is 4.39 Å². The first-order chi connectivity index (χ1) is 9.86. The average Bonchev–Trinajstić information content (AvgIpc) is 2.42. The maximum absolute atomic E-state index is 13.5. The standard InChI is InChI=1S/C13H15FN2O5/c1-2-3-8(13(18)19)7-15-12(17)10-6-9(16(20)21)4-5-11(10)14/h4-6,8H,2-3,7H2,1H3,(H,15,17)(H,18,19). The predicted octanol–water partition coefficient (Wildman–Crippen LogP) is 1.96. The molecule has 0 aromatic heterocycles. The Kier molecular flexibility index (Phi) is 5.77. The molecule has 0 aliphatic rings. The van der Waals surface area contributed by atoms with Gasteiger partial charge in [0.1, 0.15) is 5.82 Å². The predicted molar refractivity (Wildman–Crippen MR) is 71.4 cm³/mol. The van der Waals surface area contributed by atoms with Crippen LogP contribution in [0, 0.1) is 21.8 Å². The van der Waals surface area contributed by atoms with Crippen LogP contribution in [0.5, 0.6) is 0 Å². The second-order valence-corrected chi connectivity index (χ2v) is 4.46. The van der Waals surface area contributed by atoms with Crippen molar-refractivity contribution in [2.24, 2.45) is 5.92 Å². The molecule has 2 N–H and O–H groups in total. The highest BCUT2D eigenvalue weighted by atomic mass is 19.1. The van der Waals surface area contributed by atoms with E-state index in [1.807, 2.05) is 0 Å². The first-order valence-electron chi connectivity index (χ1n) is 6.31. The Hall–Kier alpha value is -2.51. The Bertz CT molecular complexity index is 561. The monoisotopic (exact) mass is 298 g/mol. The van der Waals surface area contributed by atoms with Crippen molar-refractivity contribution in [2.75, 3.05) is 6.54 Å². The van der Waals surface area contributed by atoms with E-state index in [0.717, 1.165) is 18.2 Å². The topological polar surface area (TPSA) is 110 Å². The number of carbonyl (C=O) groups excluding carboxylic acids is 1. The third kappa shape index (κ3) is 4.51. The van der Waals surface area contributed by atoms with Crippen molar-refractivity contribution < 1.29 is 24.0 Å². The number of hydrogen-bond acceptors (Lipinski definition) is 4. The number of non-ortho nitro benzene ring substituents is 1. The van der Waals surface area contributed by atoms with E-state index >= 15 is 0 Å². The molecule has 1 unspecified atom stereocenters. The van der Waals surface area contributed by atoms with E-state index in [1.165, 1.54) is 0 Å². The lowest BCUT2D eigenvalue weighted by atomic mass is 10.0. The number of aliphatic carboxylic acids is 1. The van der Waals surface area contributed by atoms with Crippen LogP contribution in [-0.4, -0.2) is 28.5 Å². The van der Waals surface area contributed by atoms with E-state index in [4.69, 9.17) is 5.11 Å². The van der Waals surface area contributed by atoms with E-state index in [2.05, 4.69) is 5.32 Å². The number of nitrogens with one attached hydrogen (secondary N) is 1. The Balaban J connectivity index is 2.82. The summed E-state index contributed by atoms with van der Waals surface area (Å²) in [6, 6.07) is 2.59. The number of amides is 1. The van der Waals surface area contributed by atoms with Gasteiger partial charge in [-0.05, 0) is 12.5 Å². The fourth-order valence-electron chi connectivity index (χ4n) is 1.77. The maximum Gasteiger partial charge on any atom is 0.308 e. The minimum Gasteiger partial charge on any atom is -0.481 e. The summed E-state index contributed by atoms with van der Waals surface area (Å²) < 4.78 is 13.5. The van der Waals surface area contributed by atoms with E-state index < -0.39 is 39.8 Å². The highest BCUT2D eigenvalue weighted by molar-refractivity contribution is 5.95. The number of carbonyl (C=O) groups is 2. The van der Waals surface area contributed by atoms with Gasteiger partial charge in [0.15, 0.2) is 0 Å². The van der Waals surface area contributed by atoms with E-state index in [-0.39, 0.29) is 6.54 Å². The van der Waals surface area contributed by atoms with Crippen LogP contribution in [-0.2, 0) is 4.79 Å². The molecule has 8 heteroatoms. The van der Waals surface area contributed by atoms with Crippen molar-refractivity contribution in [2.45, 2.75) is 19.8 Å². The van der Waals surface area contributed by atoms with Crippen LogP contribution in [0.1, 0.15) is 30.1 Å². The first-order valence-corrected chi connectivity index (χ1v) is 6.31. The fourth-order valence-corrected chi connectivity index (χ4v) is 1.77. The Morgan fingerprint density at radius 2 is 2.14 bits per heavy atom. The molecule has 0 heterocycles. The van der Waals surface area contributed by atoms with E-state index in [9.17, 15) is 24.1 Å². The summed E-state index contributed by atoms with van der Waals surface area (Å²) in [4.78, 5) is 32.6. The molecule has 1 amide bonds. The van der Waals surface area contributed by atoms with Crippen molar-refractivity contribution in [3.05, 3.63) is 39.7 Å². The number of carboxylic acids is 1. The van der Waals surface area contributed by atoms with Crippen LogP contribution in [0.3, 0.4) is 0 Å². The molecule has 1 aromatic carbocycles. The van der Waals surface area contributed by atoms with Gasteiger partial charge in [-0.15, -0.1) is 0 Å². The van der Waals surface area contributed by atoms with Crippen LogP contribution in [0.2, 0.25) is 0 Å². The molecular weight excluding hydrogens is 283 g/mol. The molecule has 1 aromatic rings. The summed E-state index contributed by atoms with van der Waals surface area (Å²) >= 11 is 0. The van der Waals surface area contributed by atoms with E-state index in [0.29, 0.717) is 12.8 Å². The Morgan fingerprint density at radius 3 is 2.67 bits per heavy atom. The third-order valence-electron chi connectivity index (χ3n) is 2.90. The van der Waals surface area contributed by atoms with Crippen molar-refractivity contribution >= 4 is 17.6 Å². The molecule has 0 bridgehead atoms. The zero-order chi connectivity index (χ0) is 16.0. The van der Waals surface area contributed by atoms with Crippen molar-refractivity contribution in [3.8, 4) is 0 Å². The first kappa shape index (κ1) is 16.5. The number of halogens is 1. The number of nitrogens with zero attached hydrogens (tertiary/aromatic N) is 1. The SMILES string of the molecule is CCCC(CNC(=O)c1cc([N+](=O)[O-])ccc1F)C(=O)O. The van der Waals surface area contributed by atoms with Crippen LogP contribution in [0.15, 0.2) is 18.2 Å². The molecule has 0 radical (unpaired) electrons. The van der Waals surface area contributed by atoms with Crippen molar-refractivity contribution in [1.82, 2.24) is 5.32 Å². The molecule has 1 rings (SSSR count). The quantitative estimate of drug-likeness (QED) is 0.590. The van der Waals surface area contributed by atoms with Gasteiger partial charge in [0.05, 0.1) is 16.4 Å². The fraction of sp³-hybridized carbons (Fsp3) is 0.385. The molecule has 7 nitrogen and oxygen atoms in total. The van der Waals surface area contributed by atoms with Gasteiger partial charge in [0, 0.05) is 18.7 Å². The average molecular weight is 298 g/mol. The van der Waals surface area contributed by atoms with Gasteiger partial charge in [-0.1, -0.05) is 13.3 Å². The van der Waals surface area contributed by atoms with Crippen LogP contribution in [0.4, 0.5) is 10.1 Å². The molecule has 0 fully saturated rings. The molecule has 0 saturated heterocycles. The molecule has 21 heavy (non-hydrogen) atoms. The second-order valence-electron chi connectivity index (χ2n) is 4.46. The van der Waals surface area contributed by atoms with Crippen molar-refractivity contribution in [3.63, 3.8) is 0 Å². The largest absolute Gasteiger partial charge is 0.481 e. The highest BCUT2D eigenvalue weighted by Crippen LogP contribution is 2.17. The summed E-state index contributed by atoms with van der Waals surface area (Å²) in [6.45, 7) is 1.64. The van der Waals surface area contributed by atoms with Crippen molar-refractivity contribution in [1.29, 1.82) is 0 Å². The van der Waals surface area contributed by atoms with Gasteiger partial charge in [0.25, 0.3) is 11.6 Å². The molecule has 0 saturated carbocycles. The van der Waals surface area contributed by atoms with Gasteiger partial charge in [-0.2, -0.15) is 0 Å². The van der Waals surface area contributed by atoms with E-state index in [1.54, 1.807) is 6.92 Å². The number of nitro groups is 1. The molecular formula is C13H15FN2O5. The summed E-state index contributed by atoms with van der Waals surface area (Å²) in [5, 5.41) is 21.8. The van der Waals surface area contributed by atoms with Gasteiger partial charge < -0.3 is 10.4 Å². The molecule has 0 aliphatic heterocycles. The Morgan fingerprint density at radius 1 is 1.48 bits per heavy atom. The maximum atomic E-state index is 13.5. The summed E-state index contributed by atoms with van der Waals surface area (Å²) in [5.41, 5.74) is -0.894. The summed E-state index contributed by atoms with van der Waals surface area (Å²) in [5.74, 6) is -3.61. The zero-order valence-electron chi connectivity index (χ0n) is 11.3. The second kappa shape index (κ2) is 7.32. The lowest BCUT2D eigenvalue weighted by Crippen LogP contribution is -2.33. The molecule has 0 spiro atoms. The Labute approximate surface area is 119 Å².